The summed E-state index contributed by atoms with van der Waals surface area (Å²) in [5.74, 6) is 1.60. The molecule has 1 aromatic carbocycles. The van der Waals surface area contributed by atoms with E-state index in [9.17, 15) is 0 Å². The number of nitrogens with two attached hydrogens (primary N) is 1. The first-order chi connectivity index (χ1) is 7.20. The van der Waals surface area contributed by atoms with E-state index in [1.807, 2.05) is 0 Å². The number of hydrogen-bond donors (Lipinski definition) is 1. The first-order valence-corrected chi connectivity index (χ1v) is 5.74. The van der Waals surface area contributed by atoms with Crippen molar-refractivity contribution >= 4 is 5.69 Å². The molecule has 0 spiro atoms. The van der Waals surface area contributed by atoms with Gasteiger partial charge in [0, 0.05) is 25.3 Å². The van der Waals surface area contributed by atoms with E-state index in [1.54, 1.807) is 0 Å². The van der Waals surface area contributed by atoms with E-state index in [0.717, 1.165) is 11.8 Å². The second-order valence-electron chi connectivity index (χ2n) is 4.73. The predicted molar refractivity (Wildman–Crippen MR) is 64.9 cm³/mol. The molecule has 2 heteroatoms. The Hall–Kier alpha value is -1.02. The molecule has 1 fully saturated rings. The number of nitrogens with zero attached hydrogens (tertiary/aromatic N) is 1. The molecule has 0 saturated carbocycles. The second-order valence-corrected chi connectivity index (χ2v) is 4.73. The molecule has 0 bridgehead atoms. The summed E-state index contributed by atoms with van der Waals surface area (Å²) in [5.41, 5.74) is 8.20. The fraction of sp³-hybridized carbons (Fsp3) is 0.538. The van der Waals surface area contributed by atoms with Crippen LogP contribution < -0.4 is 10.6 Å². The fourth-order valence-electron chi connectivity index (χ4n) is 2.22. The molecule has 1 aromatic rings. The number of rotatable bonds is 2. The molecule has 2 unspecified atom stereocenters. The third-order valence-corrected chi connectivity index (χ3v) is 3.50. The molecular formula is C13H20N2. The van der Waals surface area contributed by atoms with Crippen LogP contribution in [0.1, 0.15) is 19.4 Å². The van der Waals surface area contributed by atoms with Crippen LogP contribution in [0.25, 0.3) is 0 Å². The molecule has 0 amide bonds. The Morgan fingerprint density at radius 2 is 1.93 bits per heavy atom. The minimum atomic E-state index is 0.632. The molecule has 2 N–H and O–H groups in total. The molecule has 2 rings (SSSR count). The largest absolute Gasteiger partial charge is 0.371 e. The Bertz CT molecular complexity index is 325. The van der Waals surface area contributed by atoms with E-state index >= 15 is 0 Å². The van der Waals surface area contributed by atoms with Crippen molar-refractivity contribution in [1.82, 2.24) is 0 Å². The van der Waals surface area contributed by atoms with Gasteiger partial charge in [0.05, 0.1) is 0 Å². The molecule has 2 atom stereocenters. The summed E-state index contributed by atoms with van der Waals surface area (Å²) in [6.45, 7) is 7.64. The molecular weight excluding hydrogens is 184 g/mol. The summed E-state index contributed by atoms with van der Waals surface area (Å²) in [6.07, 6.45) is 0. The highest BCUT2D eigenvalue weighted by atomic mass is 15.2. The Balaban J connectivity index is 2.16. The Kier molecular flexibility index (Phi) is 2.96. The van der Waals surface area contributed by atoms with Gasteiger partial charge in [-0.25, -0.2) is 0 Å². The van der Waals surface area contributed by atoms with Crippen LogP contribution in [0.15, 0.2) is 24.3 Å². The highest BCUT2D eigenvalue weighted by Gasteiger charge is 2.25. The van der Waals surface area contributed by atoms with Crippen molar-refractivity contribution in [3.63, 3.8) is 0 Å². The molecule has 1 heterocycles. The Morgan fingerprint density at radius 1 is 1.27 bits per heavy atom. The molecule has 0 aromatic heterocycles. The highest BCUT2D eigenvalue weighted by Crippen LogP contribution is 2.27. The van der Waals surface area contributed by atoms with Crippen LogP contribution in [-0.2, 0) is 6.54 Å². The number of hydrogen-bond acceptors (Lipinski definition) is 2. The molecule has 0 radical (unpaired) electrons. The third-order valence-electron chi connectivity index (χ3n) is 3.50. The normalized spacial score (nSPS) is 25.9. The predicted octanol–water partition coefficient (Wildman–Crippen LogP) is 2.24. The standard InChI is InChI=1S/C13H20N2/c1-10-8-15(9-11(10)2)13-5-3-4-12(6-13)7-14/h3-6,10-11H,7-9,14H2,1-2H3. The molecule has 82 valence electrons. The van der Waals surface area contributed by atoms with Gasteiger partial charge in [-0.1, -0.05) is 26.0 Å². The minimum Gasteiger partial charge on any atom is -0.371 e. The van der Waals surface area contributed by atoms with Crippen LogP contribution in [0.3, 0.4) is 0 Å². The number of anilines is 1. The third kappa shape index (κ3) is 2.15. The van der Waals surface area contributed by atoms with Gasteiger partial charge >= 0.3 is 0 Å². The molecule has 2 nitrogen and oxygen atoms in total. The Labute approximate surface area is 92.1 Å². The monoisotopic (exact) mass is 204 g/mol. The SMILES string of the molecule is CC1CN(c2cccc(CN)c2)CC1C. The van der Waals surface area contributed by atoms with Gasteiger partial charge in [-0.3, -0.25) is 0 Å². The molecule has 1 saturated heterocycles. The van der Waals surface area contributed by atoms with Gasteiger partial charge in [-0.2, -0.15) is 0 Å². The summed E-state index contributed by atoms with van der Waals surface area (Å²) in [5, 5.41) is 0. The first-order valence-electron chi connectivity index (χ1n) is 5.74. The minimum absolute atomic E-state index is 0.632. The van der Waals surface area contributed by atoms with Crippen molar-refractivity contribution in [2.24, 2.45) is 17.6 Å². The van der Waals surface area contributed by atoms with Gasteiger partial charge in [0.25, 0.3) is 0 Å². The van der Waals surface area contributed by atoms with Crippen LogP contribution in [0.2, 0.25) is 0 Å². The molecule has 15 heavy (non-hydrogen) atoms. The summed E-state index contributed by atoms with van der Waals surface area (Å²) >= 11 is 0. The molecule has 1 aliphatic rings. The average molecular weight is 204 g/mol. The lowest BCUT2D eigenvalue weighted by atomic mass is 10.0. The van der Waals surface area contributed by atoms with Gasteiger partial charge in [-0.05, 0) is 29.5 Å². The maximum Gasteiger partial charge on any atom is 0.0369 e. The summed E-state index contributed by atoms with van der Waals surface area (Å²) in [6, 6.07) is 8.59. The van der Waals surface area contributed by atoms with Crippen molar-refractivity contribution in [3.8, 4) is 0 Å². The van der Waals surface area contributed by atoms with Gasteiger partial charge in [0.2, 0.25) is 0 Å². The van der Waals surface area contributed by atoms with E-state index in [1.165, 1.54) is 24.3 Å². The quantitative estimate of drug-likeness (QED) is 0.800. The topological polar surface area (TPSA) is 29.3 Å². The van der Waals surface area contributed by atoms with E-state index in [2.05, 4.69) is 43.0 Å². The van der Waals surface area contributed by atoms with Gasteiger partial charge in [0.1, 0.15) is 0 Å². The van der Waals surface area contributed by atoms with Crippen LogP contribution in [0.5, 0.6) is 0 Å². The first kappa shape index (κ1) is 10.5. The summed E-state index contributed by atoms with van der Waals surface area (Å²) < 4.78 is 0. The second kappa shape index (κ2) is 4.23. The molecule has 0 aliphatic carbocycles. The van der Waals surface area contributed by atoms with E-state index < -0.39 is 0 Å². The van der Waals surface area contributed by atoms with Crippen LogP contribution in [0.4, 0.5) is 5.69 Å². The number of benzene rings is 1. The average Bonchev–Trinajstić information content (AvgIpc) is 2.59. The highest BCUT2D eigenvalue weighted by molar-refractivity contribution is 5.49. The van der Waals surface area contributed by atoms with Gasteiger partial charge < -0.3 is 10.6 Å². The fourth-order valence-corrected chi connectivity index (χ4v) is 2.22. The van der Waals surface area contributed by atoms with Crippen LogP contribution in [-0.4, -0.2) is 13.1 Å². The van der Waals surface area contributed by atoms with Crippen molar-refractivity contribution in [2.75, 3.05) is 18.0 Å². The van der Waals surface area contributed by atoms with Crippen molar-refractivity contribution in [3.05, 3.63) is 29.8 Å². The van der Waals surface area contributed by atoms with Crippen molar-refractivity contribution < 1.29 is 0 Å². The lowest BCUT2D eigenvalue weighted by Gasteiger charge is -2.19. The van der Waals surface area contributed by atoms with Crippen molar-refractivity contribution in [1.29, 1.82) is 0 Å². The zero-order chi connectivity index (χ0) is 10.8. The van der Waals surface area contributed by atoms with E-state index in [4.69, 9.17) is 5.73 Å². The summed E-state index contributed by atoms with van der Waals surface area (Å²) in [4.78, 5) is 2.47. The maximum atomic E-state index is 5.65. The van der Waals surface area contributed by atoms with Crippen molar-refractivity contribution in [2.45, 2.75) is 20.4 Å². The lowest BCUT2D eigenvalue weighted by Crippen LogP contribution is -2.19. The van der Waals surface area contributed by atoms with Crippen LogP contribution >= 0.6 is 0 Å². The maximum absolute atomic E-state index is 5.65. The van der Waals surface area contributed by atoms with Gasteiger partial charge in [0.15, 0.2) is 0 Å². The van der Waals surface area contributed by atoms with Crippen LogP contribution in [0, 0.1) is 11.8 Å². The zero-order valence-electron chi connectivity index (χ0n) is 9.61. The van der Waals surface area contributed by atoms with Gasteiger partial charge in [-0.15, -0.1) is 0 Å². The zero-order valence-corrected chi connectivity index (χ0v) is 9.61. The Morgan fingerprint density at radius 3 is 2.53 bits per heavy atom. The lowest BCUT2D eigenvalue weighted by molar-refractivity contribution is 0.494. The molecule has 1 aliphatic heterocycles. The van der Waals surface area contributed by atoms with E-state index in [-0.39, 0.29) is 0 Å². The smallest absolute Gasteiger partial charge is 0.0369 e. The summed E-state index contributed by atoms with van der Waals surface area (Å²) in [7, 11) is 0. The van der Waals surface area contributed by atoms with E-state index in [0.29, 0.717) is 6.54 Å².